The van der Waals surface area contributed by atoms with Crippen LogP contribution in [0.3, 0.4) is 0 Å². The summed E-state index contributed by atoms with van der Waals surface area (Å²) in [6, 6.07) is 15.0. The molecule has 1 aliphatic carbocycles. The molecule has 1 aliphatic heterocycles. The Labute approximate surface area is 377 Å². The summed E-state index contributed by atoms with van der Waals surface area (Å²) in [5, 5.41) is 16.4. The van der Waals surface area contributed by atoms with Crippen LogP contribution >= 0.6 is 23.2 Å². The van der Waals surface area contributed by atoms with Crippen LogP contribution in [-0.4, -0.2) is 81.1 Å². The average Bonchev–Trinajstić information content (AvgIpc) is 3.81. The molecule has 0 radical (unpaired) electrons. The Morgan fingerprint density at radius 2 is 1.65 bits per heavy atom. The van der Waals surface area contributed by atoms with Crippen molar-refractivity contribution in [2.45, 2.75) is 86.9 Å². The molecule has 2 fully saturated rings. The normalized spacial score (nSPS) is 19.0. The van der Waals surface area contributed by atoms with Gasteiger partial charge in [-0.15, -0.1) is 0 Å². The first-order valence-corrected chi connectivity index (χ1v) is 21.8. The number of nitrogens with one attached hydrogen (secondary N) is 2. The van der Waals surface area contributed by atoms with Crippen LogP contribution < -0.4 is 14.8 Å². The number of hydrogen-bond acceptors (Lipinski definition) is 9. The number of halogens is 2. The summed E-state index contributed by atoms with van der Waals surface area (Å²) in [6.07, 6.45) is 0.791. The number of aromatic nitrogens is 3. The number of aryl methyl sites for hydroxylation is 3. The number of amides is 2. The molecule has 14 nitrogen and oxygen atoms in total. The van der Waals surface area contributed by atoms with E-state index in [4.69, 9.17) is 48.7 Å². The highest BCUT2D eigenvalue weighted by Gasteiger charge is 2.38. The van der Waals surface area contributed by atoms with E-state index in [-0.39, 0.29) is 63.1 Å². The highest BCUT2D eigenvalue weighted by Crippen LogP contribution is 2.42. The number of nitrogens with zero attached hydrogens (tertiary/aromatic N) is 4. The molecule has 16 heteroatoms. The van der Waals surface area contributed by atoms with E-state index in [2.05, 4.69) is 41.0 Å². The van der Waals surface area contributed by atoms with Crippen molar-refractivity contribution in [3.05, 3.63) is 97.8 Å². The number of H-pyrrole nitrogens is 1. The molecule has 3 aromatic carbocycles. The third-order valence-corrected chi connectivity index (χ3v) is 12.3. The fraction of sp³-hybridized carbons (Fsp3) is 0.426. The summed E-state index contributed by atoms with van der Waals surface area (Å²) in [5.74, 6) is 0.752. The Hall–Kier alpha value is -5.75. The topological polar surface area (TPSA) is 161 Å². The molecule has 3 atom stereocenters. The van der Waals surface area contributed by atoms with Crippen molar-refractivity contribution in [3.8, 4) is 28.8 Å². The van der Waals surface area contributed by atoms with Crippen LogP contribution in [0, 0.1) is 52.0 Å². The second-order valence-electron chi connectivity index (χ2n) is 16.6. The van der Waals surface area contributed by atoms with Gasteiger partial charge in [0.25, 0.3) is 11.6 Å². The fourth-order valence-corrected chi connectivity index (χ4v) is 8.58. The Balaban J connectivity index is 0.000000230. The smallest absolute Gasteiger partial charge is 0.415 e. The van der Waals surface area contributed by atoms with Crippen LogP contribution in [0.5, 0.6) is 17.4 Å². The third-order valence-electron chi connectivity index (χ3n) is 11.5. The molecular formula is C47H54Cl2N6O8. The van der Waals surface area contributed by atoms with Gasteiger partial charge in [0, 0.05) is 23.7 Å². The molecule has 63 heavy (non-hydrogen) atoms. The molecular weight excluding hydrogens is 847 g/mol. The lowest BCUT2D eigenvalue weighted by atomic mass is 9.75. The van der Waals surface area contributed by atoms with Gasteiger partial charge < -0.3 is 34.3 Å². The molecule has 3 unspecified atom stereocenters. The van der Waals surface area contributed by atoms with E-state index in [1.54, 1.807) is 6.92 Å². The number of morpholine rings is 1. The number of esters is 1. The Morgan fingerprint density at radius 3 is 2.27 bits per heavy atom. The first kappa shape index (κ1) is 46.7. The molecule has 2 amide bonds. The van der Waals surface area contributed by atoms with Gasteiger partial charge in [-0.2, -0.15) is 0 Å². The van der Waals surface area contributed by atoms with Crippen molar-refractivity contribution < 1.29 is 38.4 Å². The van der Waals surface area contributed by atoms with Crippen LogP contribution in [0.2, 0.25) is 10.0 Å². The van der Waals surface area contributed by atoms with Gasteiger partial charge in [0.2, 0.25) is 5.88 Å². The second-order valence-corrected chi connectivity index (χ2v) is 17.4. The van der Waals surface area contributed by atoms with E-state index < -0.39 is 18.2 Å². The predicted molar refractivity (Wildman–Crippen MR) is 242 cm³/mol. The minimum absolute atomic E-state index is 0.00240. The third kappa shape index (κ3) is 10.6. The van der Waals surface area contributed by atoms with Gasteiger partial charge in [0.15, 0.2) is 23.3 Å². The second kappa shape index (κ2) is 20.2. The van der Waals surface area contributed by atoms with Crippen molar-refractivity contribution >= 4 is 58.2 Å². The number of hydrogen-bond donors (Lipinski definition) is 3. The maximum Gasteiger partial charge on any atom is 0.415 e. The van der Waals surface area contributed by atoms with E-state index in [0.717, 1.165) is 35.1 Å². The number of benzene rings is 3. The lowest BCUT2D eigenvalue weighted by Crippen LogP contribution is -2.42. The van der Waals surface area contributed by atoms with E-state index >= 15 is 0 Å². The average molecular weight is 902 g/mol. The Bertz CT molecular complexity index is 2510. The molecule has 2 aromatic heterocycles. The quantitative estimate of drug-likeness (QED) is 0.0743. The molecule has 1 saturated carbocycles. The summed E-state index contributed by atoms with van der Waals surface area (Å²) >= 11 is 12.1. The number of carbonyl (C=O) groups excluding carboxylic acids is 3. The minimum Gasteiger partial charge on any atom is -0.504 e. The van der Waals surface area contributed by atoms with E-state index in [0.29, 0.717) is 60.8 Å². The maximum atomic E-state index is 13.7. The number of fused-ring (bicyclic) bond motifs is 1. The number of aromatic hydroxyl groups is 1. The number of aromatic amines is 1. The molecule has 3 heterocycles. The Kier molecular flexibility index (Phi) is 15.0. The monoisotopic (exact) mass is 900 g/mol. The van der Waals surface area contributed by atoms with Gasteiger partial charge in [0.1, 0.15) is 17.4 Å². The molecule has 5 aromatic rings. The molecule has 0 bridgehead atoms. The van der Waals surface area contributed by atoms with Crippen molar-refractivity contribution in [1.82, 2.24) is 19.5 Å². The zero-order valence-corrected chi connectivity index (χ0v) is 38.3. The van der Waals surface area contributed by atoms with Crippen LogP contribution in [0.1, 0.15) is 79.6 Å². The number of ether oxygens (including phenoxy) is 4. The van der Waals surface area contributed by atoms with E-state index in [1.165, 1.54) is 15.5 Å². The first-order valence-electron chi connectivity index (χ1n) is 21.1. The summed E-state index contributed by atoms with van der Waals surface area (Å²) in [4.78, 5) is 49.0. The highest BCUT2D eigenvalue weighted by atomic mass is 35.5. The summed E-state index contributed by atoms with van der Waals surface area (Å²) < 4.78 is 24.4. The molecule has 334 valence electrons. The summed E-state index contributed by atoms with van der Waals surface area (Å²) in [5.41, 5.74) is 4.75. The summed E-state index contributed by atoms with van der Waals surface area (Å²) in [6.45, 7) is 25.3. The maximum absolute atomic E-state index is 13.7. The molecule has 1 saturated heterocycles. The van der Waals surface area contributed by atoms with Crippen LogP contribution in [0.15, 0.2) is 48.5 Å². The van der Waals surface area contributed by atoms with Crippen LogP contribution in [0.4, 0.5) is 16.2 Å². The van der Waals surface area contributed by atoms with Gasteiger partial charge in [-0.25, -0.2) is 23.9 Å². The largest absolute Gasteiger partial charge is 0.504 e. The van der Waals surface area contributed by atoms with E-state index in [1.807, 2.05) is 70.2 Å². The van der Waals surface area contributed by atoms with E-state index in [9.17, 15) is 19.5 Å². The minimum atomic E-state index is -0.709. The van der Waals surface area contributed by atoms with Crippen molar-refractivity contribution in [2.24, 2.45) is 17.8 Å². The van der Waals surface area contributed by atoms with Crippen molar-refractivity contribution in [3.63, 3.8) is 0 Å². The lowest BCUT2D eigenvalue weighted by molar-refractivity contribution is -0.122. The first-order chi connectivity index (χ1) is 30.0. The SMILES string of the molecule is CCC(Oc1ccc(C)cc1C)C(=O)Nc1cc(Cl)c(C)c(Cl)c1O.[C-]#[N+]c1c(C(=O)OC2C(C)CC(C)CC2C)c2nc(-c3ccc(C)cc3)[nH]n2c1OC(=O)N1CCOCC1. The number of phenols is 1. The van der Waals surface area contributed by atoms with Gasteiger partial charge in [-0.05, 0) is 88.0 Å². The molecule has 2 aliphatic rings. The predicted octanol–water partition coefficient (Wildman–Crippen LogP) is 10.7. The van der Waals surface area contributed by atoms with Gasteiger partial charge in [-0.3, -0.25) is 9.89 Å². The highest BCUT2D eigenvalue weighted by molar-refractivity contribution is 6.37. The lowest BCUT2D eigenvalue weighted by Gasteiger charge is -2.37. The molecule has 3 N–H and O–H groups in total. The molecule has 0 spiro atoms. The standard InChI is InChI=1S/C28H33N5O5.C19H21Cl2NO3/c1-16-6-8-20(9-7-16)24-30-25-21(27(34)37-23-18(3)14-17(2)15-19(23)4)22(29-5)26(33(25)31-24)38-28(35)32-10-12-36-13-11-32;1-5-15(25-16-7-6-10(2)8-11(16)3)19(24)22-14-9-13(20)12(4)17(21)18(14)23/h6-9,17-19,23H,10-15H2,1-4H3,(H,30,31);6-9,15,23H,5H2,1-4H3,(H,22,24). The molecule has 7 rings (SSSR count). The number of anilines is 1. The zero-order chi connectivity index (χ0) is 45.7. The zero-order valence-electron chi connectivity index (χ0n) is 36.8. The number of rotatable bonds is 9. The van der Waals surface area contributed by atoms with Crippen molar-refractivity contribution in [2.75, 3.05) is 31.6 Å². The van der Waals surface area contributed by atoms with Gasteiger partial charge in [0.05, 0.1) is 30.5 Å². The Morgan fingerprint density at radius 1 is 1.00 bits per heavy atom. The van der Waals surface area contributed by atoms with Gasteiger partial charge >= 0.3 is 12.1 Å². The van der Waals surface area contributed by atoms with Crippen LogP contribution in [0.25, 0.3) is 21.9 Å². The number of carbonyl (C=O) groups is 3. The summed E-state index contributed by atoms with van der Waals surface area (Å²) in [7, 11) is 0. The fourth-order valence-electron chi connectivity index (χ4n) is 8.12. The number of phenolic OH excluding ortho intramolecular Hbond substituents is 1. The van der Waals surface area contributed by atoms with Crippen LogP contribution in [-0.2, 0) is 14.3 Å². The van der Waals surface area contributed by atoms with Gasteiger partial charge in [-0.1, -0.05) is 98.4 Å². The van der Waals surface area contributed by atoms with Crippen molar-refractivity contribution in [1.29, 1.82) is 0 Å².